The molecule has 88 valence electrons. The van der Waals surface area contributed by atoms with Crippen molar-refractivity contribution in [1.82, 2.24) is 0 Å². The van der Waals surface area contributed by atoms with E-state index in [-0.39, 0.29) is 6.10 Å². The van der Waals surface area contributed by atoms with Crippen LogP contribution in [0.2, 0.25) is 0 Å². The summed E-state index contributed by atoms with van der Waals surface area (Å²) >= 11 is 0. The van der Waals surface area contributed by atoms with Crippen LogP contribution < -0.4 is 10.1 Å². The van der Waals surface area contributed by atoms with Crippen LogP contribution >= 0.6 is 0 Å². The topological polar surface area (TPSA) is 21.3 Å². The second kappa shape index (κ2) is 6.94. The first kappa shape index (κ1) is 12.6. The highest BCUT2D eigenvalue weighted by atomic mass is 16.5. The Bertz CT molecular complexity index is 303. The molecule has 1 aromatic rings. The van der Waals surface area contributed by atoms with Gasteiger partial charge in [0, 0.05) is 12.2 Å². The van der Waals surface area contributed by atoms with Crippen molar-refractivity contribution < 1.29 is 4.74 Å². The summed E-state index contributed by atoms with van der Waals surface area (Å²) in [5.41, 5.74) is 1.14. The molecule has 0 aromatic heterocycles. The third kappa shape index (κ3) is 4.87. The molecule has 0 bridgehead atoms. The van der Waals surface area contributed by atoms with E-state index in [1.807, 2.05) is 44.2 Å². The summed E-state index contributed by atoms with van der Waals surface area (Å²) in [7, 11) is 0. The number of hydrogen-bond acceptors (Lipinski definition) is 2. The lowest BCUT2D eigenvalue weighted by Gasteiger charge is -2.10. The summed E-state index contributed by atoms with van der Waals surface area (Å²) in [5.74, 6) is 0.923. The zero-order valence-corrected chi connectivity index (χ0v) is 10.2. The van der Waals surface area contributed by atoms with Crippen LogP contribution in [0.3, 0.4) is 0 Å². The first-order valence-corrected chi connectivity index (χ1v) is 5.84. The fourth-order valence-electron chi connectivity index (χ4n) is 1.40. The molecule has 1 rings (SSSR count). The van der Waals surface area contributed by atoms with Crippen LogP contribution in [0.1, 0.15) is 26.7 Å². The summed E-state index contributed by atoms with van der Waals surface area (Å²) < 4.78 is 5.57. The van der Waals surface area contributed by atoms with Gasteiger partial charge < -0.3 is 10.1 Å². The maximum absolute atomic E-state index is 5.57. The van der Waals surface area contributed by atoms with Crippen molar-refractivity contribution in [2.75, 3.05) is 11.9 Å². The first-order chi connectivity index (χ1) is 7.72. The predicted octanol–water partition coefficient (Wildman–Crippen LogP) is 3.85. The van der Waals surface area contributed by atoms with Gasteiger partial charge in [0.25, 0.3) is 0 Å². The number of anilines is 1. The molecule has 0 aliphatic heterocycles. The molecule has 1 N–H and O–H groups in total. The van der Waals surface area contributed by atoms with E-state index in [9.17, 15) is 0 Å². The minimum Gasteiger partial charge on any atom is -0.491 e. The highest BCUT2D eigenvalue weighted by Gasteiger charge is 1.97. The van der Waals surface area contributed by atoms with E-state index in [2.05, 4.69) is 11.9 Å². The molecular formula is C14H21NO. The van der Waals surface area contributed by atoms with E-state index >= 15 is 0 Å². The van der Waals surface area contributed by atoms with Crippen LogP contribution in [-0.2, 0) is 0 Å². The van der Waals surface area contributed by atoms with E-state index in [0.29, 0.717) is 0 Å². The molecule has 0 aliphatic carbocycles. The Morgan fingerprint density at radius 1 is 1.31 bits per heavy atom. The van der Waals surface area contributed by atoms with Gasteiger partial charge in [-0.15, -0.1) is 6.58 Å². The van der Waals surface area contributed by atoms with Gasteiger partial charge in [0.05, 0.1) is 6.10 Å². The van der Waals surface area contributed by atoms with Crippen LogP contribution in [0.15, 0.2) is 36.9 Å². The average molecular weight is 219 g/mol. The lowest BCUT2D eigenvalue weighted by Crippen LogP contribution is -2.05. The van der Waals surface area contributed by atoms with Gasteiger partial charge in [-0.05, 0) is 51.0 Å². The molecule has 0 unspecified atom stereocenters. The molecule has 2 heteroatoms. The Kier molecular flexibility index (Phi) is 5.48. The summed E-state index contributed by atoms with van der Waals surface area (Å²) in [5, 5.41) is 3.36. The van der Waals surface area contributed by atoms with Crippen LogP contribution in [-0.4, -0.2) is 12.6 Å². The van der Waals surface area contributed by atoms with Gasteiger partial charge in [0.15, 0.2) is 0 Å². The Labute approximate surface area is 98.3 Å². The molecule has 0 fully saturated rings. The first-order valence-electron chi connectivity index (χ1n) is 5.84. The molecule has 0 saturated carbocycles. The maximum Gasteiger partial charge on any atom is 0.119 e. The number of nitrogens with one attached hydrogen (secondary N) is 1. The van der Waals surface area contributed by atoms with Gasteiger partial charge in [0.1, 0.15) is 5.75 Å². The van der Waals surface area contributed by atoms with Crippen LogP contribution in [0.5, 0.6) is 5.75 Å². The van der Waals surface area contributed by atoms with Gasteiger partial charge in [-0.2, -0.15) is 0 Å². The zero-order valence-electron chi connectivity index (χ0n) is 10.2. The van der Waals surface area contributed by atoms with Crippen molar-refractivity contribution in [2.45, 2.75) is 32.8 Å². The molecule has 0 saturated heterocycles. The van der Waals surface area contributed by atoms with E-state index < -0.39 is 0 Å². The zero-order chi connectivity index (χ0) is 11.8. The smallest absolute Gasteiger partial charge is 0.119 e. The molecule has 0 amide bonds. The third-order valence-corrected chi connectivity index (χ3v) is 2.14. The van der Waals surface area contributed by atoms with Crippen molar-refractivity contribution in [3.63, 3.8) is 0 Å². The second-order valence-electron chi connectivity index (χ2n) is 4.05. The number of allylic oxidation sites excluding steroid dienone is 1. The van der Waals surface area contributed by atoms with E-state index in [1.165, 1.54) is 0 Å². The number of ether oxygens (including phenoxy) is 1. The predicted molar refractivity (Wildman–Crippen MR) is 70.1 cm³/mol. The molecule has 1 aromatic carbocycles. The average Bonchev–Trinajstić information content (AvgIpc) is 2.26. The van der Waals surface area contributed by atoms with Gasteiger partial charge in [-0.25, -0.2) is 0 Å². The Balaban J connectivity index is 2.36. The molecular weight excluding hydrogens is 198 g/mol. The van der Waals surface area contributed by atoms with Crippen molar-refractivity contribution >= 4 is 5.69 Å². The molecule has 0 aliphatic rings. The largest absolute Gasteiger partial charge is 0.491 e. The van der Waals surface area contributed by atoms with Crippen molar-refractivity contribution in [3.05, 3.63) is 36.9 Å². The molecule has 2 nitrogen and oxygen atoms in total. The van der Waals surface area contributed by atoms with Crippen molar-refractivity contribution in [3.8, 4) is 5.75 Å². The van der Waals surface area contributed by atoms with Crippen LogP contribution in [0, 0.1) is 0 Å². The van der Waals surface area contributed by atoms with Gasteiger partial charge in [0.2, 0.25) is 0 Å². The van der Waals surface area contributed by atoms with E-state index in [1.54, 1.807) is 0 Å². The minimum atomic E-state index is 0.228. The third-order valence-electron chi connectivity index (χ3n) is 2.14. The Morgan fingerprint density at radius 3 is 2.56 bits per heavy atom. The normalized spacial score (nSPS) is 10.2. The monoisotopic (exact) mass is 219 g/mol. The highest BCUT2D eigenvalue weighted by Crippen LogP contribution is 2.16. The fourth-order valence-corrected chi connectivity index (χ4v) is 1.40. The van der Waals surface area contributed by atoms with Gasteiger partial charge in [-0.3, -0.25) is 0 Å². The molecule has 0 heterocycles. The summed E-state index contributed by atoms with van der Waals surface area (Å²) in [6, 6.07) is 8.09. The quantitative estimate of drug-likeness (QED) is 0.555. The molecule has 0 atom stereocenters. The highest BCUT2D eigenvalue weighted by molar-refractivity contribution is 5.46. The number of hydrogen-bond donors (Lipinski definition) is 1. The standard InChI is InChI=1S/C14H21NO/c1-4-5-6-11-15-13-7-9-14(10-8-13)16-12(2)3/h4,7-10,12,15H,1,5-6,11H2,2-3H3. The van der Waals surface area contributed by atoms with Crippen molar-refractivity contribution in [1.29, 1.82) is 0 Å². The Morgan fingerprint density at radius 2 is 2.00 bits per heavy atom. The van der Waals surface area contributed by atoms with E-state index in [4.69, 9.17) is 4.74 Å². The Hall–Kier alpha value is -1.44. The lowest BCUT2D eigenvalue weighted by atomic mass is 10.2. The number of benzene rings is 1. The van der Waals surface area contributed by atoms with Crippen LogP contribution in [0.25, 0.3) is 0 Å². The summed E-state index contributed by atoms with van der Waals surface area (Å²) in [4.78, 5) is 0. The van der Waals surface area contributed by atoms with Gasteiger partial charge >= 0.3 is 0 Å². The maximum atomic E-state index is 5.57. The van der Waals surface area contributed by atoms with E-state index in [0.717, 1.165) is 30.8 Å². The molecule has 16 heavy (non-hydrogen) atoms. The van der Waals surface area contributed by atoms with Gasteiger partial charge in [-0.1, -0.05) is 6.08 Å². The number of rotatable bonds is 7. The molecule has 0 spiro atoms. The summed E-state index contributed by atoms with van der Waals surface area (Å²) in [6.07, 6.45) is 4.35. The minimum absolute atomic E-state index is 0.228. The second-order valence-corrected chi connectivity index (χ2v) is 4.05. The fraction of sp³-hybridized carbons (Fsp3) is 0.429. The lowest BCUT2D eigenvalue weighted by molar-refractivity contribution is 0.242. The number of unbranched alkanes of at least 4 members (excludes halogenated alkanes) is 1. The van der Waals surface area contributed by atoms with Crippen LogP contribution in [0.4, 0.5) is 5.69 Å². The summed E-state index contributed by atoms with van der Waals surface area (Å²) in [6.45, 7) is 8.74. The SMILES string of the molecule is C=CCCCNc1ccc(OC(C)C)cc1. The molecule has 0 radical (unpaired) electrons. The van der Waals surface area contributed by atoms with Crippen molar-refractivity contribution in [2.24, 2.45) is 0 Å².